The molecule has 2 aromatic rings. The lowest BCUT2D eigenvalue weighted by Gasteiger charge is -2.03. The normalized spacial score (nSPS) is 11.1. The van der Waals surface area contributed by atoms with Crippen LogP contribution in [0.3, 0.4) is 0 Å². The lowest BCUT2D eigenvalue weighted by molar-refractivity contribution is -0.134. The van der Waals surface area contributed by atoms with Gasteiger partial charge in [-0.1, -0.05) is 17.7 Å². The van der Waals surface area contributed by atoms with E-state index in [9.17, 15) is 18.0 Å². The number of aliphatic imine (C=N–C) groups is 1. The number of guanidine groups is 1. The summed E-state index contributed by atoms with van der Waals surface area (Å²) in [5, 5.41) is 27.9. The molecule has 12 nitrogen and oxygen atoms in total. The van der Waals surface area contributed by atoms with Crippen molar-refractivity contribution in [2.75, 3.05) is 17.6 Å². The van der Waals surface area contributed by atoms with Gasteiger partial charge in [0.15, 0.2) is 11.1 Å². The number of thioether (sulfide) groups is 1. The second-order valence-corrected chi connectivity index (χ2v) is 9.89. The van der Waals surface area contributed by atoms with Gasteiger partial charge in [0.05, 0.1) is 16.9 Å². The number of hydrogen-bond acceptors (Lipinski definition) is 9. The van der Waals surface area contributed by atoms with Crippen molar-refractivity contribution in [3.05, 3.63) is 53.1 Å². The van der Waals surface area contributed by atoms with Crippen LogP contribution in [0.15, 0.2) is 51.7 Å². The molecule has 0 spiro atoms. The topological polar surface area (TPSA) is 208 Å². The average Bonchev–Trinajstić information content (AvgIpc) is 3.18. The highest BCUT2D eigenvalue weighted by atomic mass is 32.2. The maximum atomic E-state index is 12.1. The number of carboxylic acids is 2. The first kappa shape index (κ1) is 28.6. The van der Waals surface area contributed by atoms with E-state index >= 15 is 0 Å². The molecule has 2 rings (SSSR count). The number of rotatable bonds is 11. The Bertz CT molecular complexity index is 1110. The minimum absolute atomic E-state index is 0.138. The first-order valence-electron chi connectivity index (χ1n) is 9.34. The van der Waals surface area contributed by atoms with Crippen LogP contribution in [0.2, 0.25) is 0 Å². The van der Waals surface area contributed by atoms with Crippen LogP contribution in [0.4, 0.5) is 5.13 Å². The van der Waals surface area contributed by atoms with Crippen molar-refractivity contribution in [2.45, 2.75) is 17.6 Å². The zero-order chi connectivity index (χ0) is 25.6. The average molecular weight is 529 g/mol. The predicted molar refractivity (Wildman–Crippen MR) is 133 cm³/mol. The van der Waals surface area contributed by atoms with Gasteiger partial charge in [-0.15, -0.1) is 11.3 Å². The Kier molecular flexibility index (Phi) is 12.3. The van der Waals surface area contributed by atoms with E-state index in [0.29, 0.717) is 29.6 Å². The molecule has 0 radical (unpaired) electrons. The molecule has 1 aromatic heterocycles. The van der Waals surface area contributed by atoms with Gasteiger partial charge in [-0.25, -0.2) is 23.0 Å². The Morgan fingerprint density at radius 2 is 1.85 bits per heavy atom. The molecular weight excluding hydrogens is 504 g/mol. The summed E-state index contributed by atoms with van der Waals surface area (Å²) in [6.45, 7) is 2.39. The monoisotopic (exact) mass is 528 g/mol. The number of aryl methyl sites for hydroxylation is 1. The number of nitrogens with zero attached hydrogens (tertiary/aromatic N) is 2. The number of sulfonamides is 1. The number of anilines is 1. The van der Waals surface area contributed by atoms with Crippen LogP contribution in [0.25, 0.3) is 0 Å². The van der Waals surface area contributed by atoms with Crippen molar-refractivity contribution >= 4 is 62.5 Å². The van der Waals surface area contributed by atoms with Gasteiger partial charge >= 0.3 is 11.9 Å². The molecule has 0 aliphatic carbocycles. The van der Waals surface area contributed by atoms with E-state index in [2.05, 4.69) is 20.0 Å². The zero-order valence-electron chi connectivity index (χ0n) is 18.0. The number of aliphatic carboxylic acids is 2. The Balaban J connectivity index is 0.000000620. The summed E-state index contributed by atoms with van der Waals surface area (Å²) >= 11 is 3.02. The van der Waals surface area contributed by atoms with Crippen molar-refractivity contribution < 1.29 is 28.2 Å². The van der Waals surface area contributed by atoms with Crippen molar-refractivity contribution in [3.8, 4) is 0 Å². The highest BCUT2D eigenvalue weighted by molar-refractivity contribution is 7.98. The molecule has 0 aliphatic rings. The number of aromatic nitrogens is 1. The van der Waals surface area contributed by atoms with Crippen LogP contribution in [-0.4, -0.2) is 60.1 Å². The van der Waals surface area contributed by atoms with Crippen LogP contribution in [0, 0.1) is 12.3 Å². The molecular formula is C19H24N6O6S3. The lowest BCUT2D eigenvalue weighted by Crippen LogP contribution is -2.22. The molecule has 34 heavy (non-hydrogen) atoms. The van der Waals surface area contributed by atoms with Crippen LogP contribution >= 0.6 is 23.1 Å². The third-order valence-electron chi connectivity index (χ3n) is 3.41. The van der Waals surface area contributed by atoms with E-state index in [1.54, 1.807) is 36.0 Å². The van der Waals surface area contributed by atoms with Gasteiger partial charge in [0, 0.05) is 35.6 Å². The fourth-order valence-corrected chi connectivity index (χ4v) is 4.35. The van der Waals surface area contributed by atoms with Gasteiger partial charge in [0.1, 0.15) is 0 Å². The molecule has 0 amide bonds. The van der Waals surface area contributed by atoms with E-state index in [0.717, 1.165) is 17.0 Å². The van der Waals surface area contributed by atoms with Crippen LogP contribution < -0.4 is 15.8 Å². The molecule has 0 bridgehead atoms. The summed E-state index contributed by atoms with van der Waals surface area (Å²) in [7, 11) is -3.57. The number of nitrogens with one attached hydrogen (secondary N) is 3. The van der Waals surface area contributed by atoms with E-state index in [-0.39, 0.29) is 10.9 Å². The second-order valence-electron chi connectivity index (χ2n) is 6.21. The third-order valence-corrected chi connectivity index (χ3v) is 6.49. The summed E-state index contributed by atoms with van der Waals surface area (Å²) < 4.78 is 26.4. The van der Waals surface area contributed by atoms with Crippen molar-refractivity contribution in [2.24, 2.45) is 10.7 Å². The molecule has 0 saturated carbocycles. The number of benzene rings is 1. The Morgan fingerprint density at radius 1 is 1.24 bits per heavy atom. The van der Waals surface area contributed by atoms with Gasteiger partial charge < -0.3 is 21.3 Å². The smallest absolute Gasteiger partial charge is 0.328 e. The molecule has 0 aliphatic heterocycles. The van der Waals surface area contributed by atoms with Crippen molar-refractivity contribution in [1.29, 1.82) is 5.41 Å². The first-order valence-corrected chi connectivity index (χ1v) is 12.9. The van der Waals surface area contributed by atoms with Crippen LogP contribution in [-0.2, 0) is 25.4 Å². The Labute approximate surface area is 204 Å². The SMILES string of the molecule is Cc1ccc(S(=O)(=O)NC=NCCSCc2csc(NC(=N)N)n2)cc1.O=C(O)/C=C\C(=O)O. The molecule has 184 valence electrons. The van der Waals surface area contributed by atoms with Gasteiger partial charge in [-0.3, -0.25) is 15.1 Å². The first-order chi connectivity index (χ1) is 16.0. The van der Waals surface area contributed by atoms with Crippen molar-refractivity contribution in [1.82, 2.24) is 9.71 Å². The largest absolute Gasteiger partial charge is 0.478 e. The molecule has 15 heteroatoms. The van der Waals surface area contributed by atoms with Crippen LogP contribution in [0.5, 0.6) is 0 Å². The molecule has 7 N–H and O–H groups in total. The summed E-state index contributed by atoms with van der Waals surface area (Å²) in [5.41, 5.74) is 7.14. The molecule has 0 unspecified atom stereocenters. The number of carboxylic acid groups (broad SMARTS) is 2. The predicted octanol–water partition coefficient (Wildman–Crippen LogP) is 1.71. The highest BCUT2D eigenvalue weighted by Gasteiger charge is 2.11. The quantitative estimate of drug-likeness (QED) is 0.108. The molecule has 1 heterocycles. The minimum atomic E-state index is -3.57. The maximum absolute atomic E-state index is 12.1. The van der Waals surface area contributed by atoms with Crippen LogP contribution in [0.1, 0.15) is 11.3 Å². The van der Waals surface area contributed by atoms with E-state index in [4.69, 9.17) is 21.4 Å². The molecule has 0 fully saturated rings. The fraction of sp³-hybridized carbons (Fsp3) is 0.211. The summed E-state index contributed by atoms with van der Waals surface area (Å²) in [6, 6.07) is 6.62. The molecule has 0 atom stereocenters. The van der Waals surface area contributed by atoms with E-state index in [1.165, 1.54) is 17.7 Å². The van der Waals surface area contributed by atoms with Gasteiger partial charge in [0.2, 0.25) is 0 Å². The fourth-order valence-electron chi connectivity index (χ4n) is 1.94. The molecule has 0 saturated heterocycles. The highest BCUT2D eigenvalue weighted by Crippen LogP contribution is 2.19. The second kappa shape index (κ2) is 14.7. The number of carbonyl (C=O) groups is 2. The van der Waals surface area contributed by atoms with Crippen molar-refractivity contribution in [3.63, 3.8) is 0 Å². The minimum Gasteiger partial charge on any atom is -0.478 e. The Morgan fingerprint density at radius 3 is 2.41 bits per heavy atom. The van der Waals surface area contributed by atoms with Gasteiger partial charge in [-0.2, -0.15) is 11.8 Å². The summed E-state index contributed by atoms with van der Waals surface area (Å²) in [5.74, 6) is -1.21. The maximum Gasteiger partial charge on any atom is 0.328 e. The number of thiazole rings is 1. The van der Waals surface area contributed by atoms with E-state index < -0.39 is 22.0 Å². The summed E-state index contributed by atoms with van der Waals surface area (Å²) in [4.78, 5) is 27.7. The van der Waals surface area contributed by atoms with E-state index in [1.807, 2.05) is 12.3 Å². The number of hydrogen-bond donors (Lipinski definition) is 6. The third kappa shape index (κ3) is 12.6. The number of nitrogens with two attached hydrogens (primary N) is 1. The summed E-state index contributed by atoms with van der Waals surface area (Å²) in [6.07, 6.45) is 2.33. The lowest BCUT2D eigenvalue weighted by atomic mass is 10.2. The molecule has 1 aromatic carbocycles. The standard InChI is InChI=1S/C15H20N6O2S3.C4H4O4/c1-11-2-4-13(5-3-11)26(22,23)19-10-18-6-7-24-8-12-9-25-15(20-12)21-14(16)17;5-3(6)1-2-4(7)8/h2-5,9-10H,6-8H2,1H3,(H,18,19)(H4,16,17,20,21);1-2H,(H,5,6)(H,7,8)/b;2-1-. The van der Waals surface area contributed by atoms with Gasteiger partial charge in [-0.05, 0) is 19.1 Å². The zero-order valence-corrected chi connectivity index (χ0v) is 20.4. The Hall–Kier alpha value is -3.43. The van der Waals surface area contributed by atoms with Gasteiger partial charge in [0.25, 0.3) is 10.0 Å².